The molecular formula is C17H14FNO2. The van der Waals surface area contributed by atoms with Gasteiger partial charge in [-0.25, -0.2) is 9.29 Å². The van der Waals surface area contributed by atoms with Crippen molar-refractivity contribution in [3.8, 4) is 0 Å². The number of nitrogens with zero attached hydrogens (tertiary/aromatic N) is 1. The third-order valence-corrected chi connectivity index (χ3v) is 3.66. The molecular weight excluding hydrogens is 269 g/mol. The summed E-state index contributed by atoms with van der Waals surface area (Å²) >= 11 is 0. The van der Waals surface area contributed by atoms with Crippen molar-refractivity contribution in [1.29, 1.82) is 0 Å². The van der Waals surface area contributed by atoms with Crippen LogP contribution in [0.4, 0.5) is 10.1 Å². The summed E-state index contributed by atoms with van der Waals surface area (Å²) in [5.74, 6) is -1.64. The first-order chi connectivity index (χ1) is 10.2. The van der Waals surface area contributed by atoms with Crippen LogP contribution in [0.15, 0.2) is 54.6 Å². The summed E-state index contributed by atoms with van der Waals surface area (Å²) in [5, 5.41) is 0. The van der Waals surface area contributed by atoms with Gasteiger partial charge in [0.1, 0.15) is 5.82 Å². The van der Waals surface area contributed by atoms with Crippen LogP contribution in [0.3, 0.4) is 0 Å². The van der Waals surface area contributed by atoms with Crippen LogP contribution in [-0.4, -0.2) is 11.8 Å². The van der Waals surface area contributed by atoms with Crippen LogP contribution >= 0.6 is 0 Å². The minimum Gasteiger partial charge on any atom is -0.274 e. The van der Waals surface area contributed by atoms with Crippen LogP contribution in [0.25, 0.3) is 0 Å². The predicted molar refractivity (Wildman–Crippen MR) is 77.1 cm³/mol. The summed E-state index contributed by atoms with van der Waals surface area (Å²) in [5.41, 5.74) is 1.04. The molecule has 1 unspecified atom stereocenters. The van der Waals surface area contributed by atoms with Gasteiger partial charge in [-0.05, 0) is 24.1 Å². The number of rotatable bonds is 3. The van der Waals surface area contributed by atoms with Crippen molar-refractivity contribution >= 4 is 17.5 Å². The van der Waals surface area contributed by atoms with Gasteiger partial charge in [-0.15, -0.1) is 0 Å². The topological polar surface area (TPSA) is 37.4 Å². The van der Waals surface area contributed by atoms with Crippen LogP contribution in [-0.2, 0) is 16.0 Å². The zero-order valence-electron chi connectivity index (χ0n) is 11.3. The van der Waals surface area contributed by atoms with Gasteiger partial charge >= 0.3 is 0 Å². The van der Waals surface area contributed by atoms with E-state index in [0.717, 1.165) is 10.5 Å². The Labute approximate surface area is 122 Å². The molecule has 1 heterocycles. The lowest BCUT2D eigenvalue weighted by Crippen LogP contribution is -2.31. The second kappa shape index (κ2) is 5.48. The molecule has 0 N–H and O–H groups in total. The zero-order valence-corrected chi connectivity index (χ0v) is 11.3. The highest BCUT2D eigenvalue weighted by Crippen LogP contribution is 2.30. The molecule has 106 valence electrons. The van der Waals surface area contributed by atoms with Crippen LogP contribution in [0, 0.1) is 11.7 Å². The standard InChI is InChI=1S/C17H14FNO2/c18-14-8-4-5-9-15(14)19-16(20)11-13(17(19)21)10-12-6-2-1-3-7-12/h1-9,13H,10-11H2. The number of hydrogen-bond donors (Lipinski definition) is 0. The van der Waals surface area contributed by atoms with Crippen molar-refractivity contribution in [3.63, 3.8) is 0 Å². The molecule has 1 saturated heterocycles. The van der Waals surface area contributed by atoms with Crippen molar-refractivity contribution < 1.29 is 14.0 Å². The Balaban J connectivity index is 1.84. The van der Waals surface area contributed by atoms with Gasteiger partial charge < -0.3 is 0 Å². The SMILES string of the molecule is O=C1CC(Cc2ccccc2)C(=O)N1c1ccccc1F. The van der Waals surface area contributed by atoms with E-state index in [1.54, 1.807) is 6.07 Å². The van der Waals surface area contributed by atoms with Gasteiger partial charge in [0.05, 0.1) is 11.6 Å². The average Bonchev–Trinajstić information content (AvgIpc) is 2.76. The zero-order chi connectivity index (χ0) is 14.8. The van der Waals surface area contributed by atoms with Gasteiger partial charge in [-0.1, -0.05) is 42.5 Å². The van der Waals surface area contributed by atoms with Gasteiger partial charge in [-0.2, -0.15) is 0 Å². The maximum atomic E-state index is 13.8. The lowest BCUT2D eigenvalue weighted by atomic mass is 9.98. The lowest BCUT2D eigenvalue weighted by molar-refractivity contribution is -0.122. The van der Waals surface area contributed by atoms with Gasteiger partial charge in [-0.3, -0.25) is 9.59 Å². The Hall–Kier alpha value is -2.49. The van der Waals surface area contributed by atoms with Crippen LogP contribution in [0.2, 0.25) is 0 Å². The number of anilines is 1. The molecule has 1 fully saturated rings. The van der Waals surface area contributed by atoms with Crippen LogP contribution in [0.5, 0.6) is 0 Å². The molecule has 0 saturated carbocycles. The summed E-state index contributed by atoms with van der Waals surface area (Å²) in [6.45, 7) is 0. The van der Waals surface area contributed by atoms with E-state index in [1.807, 2.05) is 30.3 Å². The number of carbonyl (C=O) groups excluding carboxylic acids is 2. The summed E-state index contributed by atoms with van der Waals surface area (Å²) < 4.78 is 13.8. The summed E-state index contributed by atoms with van der Waals surface area (Å²) in [6, 6.07) is 15.4. The van der Waals surface area contributed by atoms with E-state index in [0.29, 0.717) is 6.42 Å². The van der Waals surface area contributed by atoms with E-state index in [-0.39, 0.29) is 23.9 Å². The first kappa shape index (κ1) is 13.5. The molecule has 4 heteroatoms. The number of hydrogen-bond acceptors (Lipinski definition) is 2. The molecule has 1 aliphatic heterocycles. The van der Waals surface area contributed by atoms with Crippen molar-refractivity contribution in [2.75, 3.05) is 4.90 Å². The quantitative estimate of drug-likeness (QED) is 0.812. The van der Waals surface area contributed by atoms with Gasteiger partial charge in [0, 0.05) is 6.42 Å². The molecule has 2 amide bonds. The third kappa shape index (κ3) is 2.57. The van der Waals surface area contributed by atoms with Gasteiger partial charge in [0.2, 0.25) is 11.8 Å². The van der Waals surface area contributed by atoms with Crippen molar-refractivity contribution in [2.45, 2.75) is 12.8 Å². The molecule has 3 nitrogen and oxygen atoms in total. The molecule has 0 aromatic heterocycles. The van der Waals surface area contributed by atoms with Gasteiger partial charge in [0.25, 0.3) is 0 Å². The first-order valence-electron chi connectivity index (χ1n) is 6.82. The Kier molecular flexibility index (Phi) is 3.52. The largest absolute Gasteiger partial charge is 0.274 e. The van der Waals surface area contributed by atoms with Crippen molar-refractivity contribution in [3.05, 3.63) is 66.0 Å². The molecule has 2 aromatic rings. The molecule has 0 radical (unpaired) electrons. The number of carbonyl (C=O) groups is 2. The molecule has 0 bridgehead atoms. The molecule has 0 spiro atoms. The number of para-hydroxylation sites is 1. The molecule has 21 heavy (non-hydrogen) atoms. The van der Waals surface area contributed by atoms with E-state index in [1.165, 1.54) is 18.2 Å². The number of amides is 2. The Morgan fingerprint density at radius 2 is 1.67 bits per heavy atom. The highest BCUT2D eigenvalue weighted by atomic mass is 19.1. The lowest BCUT2D eigenvalue weighted by Gasteiger charge is -2.15. The minimum absolute atomic E-state index is 0.0445. The summed E-state index contributed by atoms with van der Waals surface area (Å²) in [4.78, 5) is 25.5. The second-order valence-corrected chi connectivity index (χ2v) is 5.11. The van der Waals surface area contributed by atoms with Crippen LogP contribution in [0.1, 0.15) is 12.0 Å². The monoisotopic (exact) mass is 283 g/mol. The summed E-state index contributed by atoms with van der Waals surface area (Å²) in [6.07, 6.45) is 0.623. The minimum atomic E-state index is -0.556. The predicted octanol–water partition coefficient (Wildman–Crippen LogP) is 2.95. The fourth-order valence-corrected chi connectivity index (χ4v) is 2.64. The van der Waals surface area contributed by atoms with E-state index < -0.39 is 11.7 Å². The first-order valence-corrected chi connectivity index (χ1v) is 6.82. The average molecular weight is 283 g/mol. The van der Waals surface area contributed by atoms with Crippen molar-refractivity contribution in [2.24, 2.45) is 5.92 Å². The Morgan fingerprint density at radius 3 is 2.38 bits per heavy atom. The number of halogens is 1. The molecule has 1 atom stereocenters. The van der Waals surface area contributed by atoms with E-state index in [9.17, 15) is 14.0 Å². The molecule has 2 aromatic carbocycles. The van der Waals surface area contributed by atoms with E-state index in [4.69, 9.17) is 0 Å². The smallest absolute Gasteiger partial charge is 0.237 e. The highest BCUT2D eigenvalue weighted by molar-refractivity contribution is 6.21. The third-order valence-electron chi connectivity index (χ3n) is 3.66. The molecule has 3 rings (SSSR count). The van der Waals surface area contributed by atoms with E-state index >= 15 is 0 Å². The van der Waals surface area contributed by atoms with Crippen molar-refractivity contribution in [1.82, 2.24) is 0 Å². The Bertz CT molecular complexity index is 684. The second-order valence-electron chi connectivity index (χ2n) is 5.11. The fourth-order valence-electron chi connectivity index (χ4n) is 2.64. The summed E-state index contributed by atoms with van der Waals surface area (Å²) in [7, 11) is 0. The number of imide groups is 1. The van der Waals surface area contributed by atoms with E-state index in [2.05, 4.69) is 0 Å². The number of benzene rings is 2. The normalized spacial score (nSPS) is 18.3. The van der Waals surface area contributed by atoms with Gasteiger partial charge in [0.15, 0.2) is 0 Å². The Morgan fingerprint density at radius 1 is 1.00 bits per heavy atom. The highest BCUT2D eigenvalue weighted by Gasteiger charge is 2.40. The molecule has 1 aliphatic rings. The fraction of sp³-hybridized carbons (Fsp3) is 0.176. The maximum absolute atomic E-state index is 13.8. The van der Waals surface area contributed by atoms with Crippen LogP contribution < -0.4 is 4.90 Å². The molecule has 0 aliphatic carbocycles. The maximum Gasteiger partial charge on any atom is 0.237 e.